The van der Waals surface area contributed by atoms with Crippen molar-refractivity contribution < 1.29 is 14.7 Å². The minimum atomic E-state index is -0.274. The molecule has 3 rings (SSSR count). The molecule has 1 aliphatic rings. The molecule has 5 heteroatoms. The molecule has 0 heterocycles. The van der Waals surface area contributed by atoms with Crippen LogP contribution < -0.4 is 10.6 Å². The van der Waals surface area contributed by atoms with E-state index in [0.717, 1.165) is 24.8 Å². The van der Waals surface area contributed by atoms with Crippen LogP contribution in [0.25, 0.3) is 0 Å². The van der Waals surface area contributed by atoms with E-state index < -0.39 is 0 Å². The minimum Gasteiger partial charge on any atom is -0.396 e. The molecular weight excluding hydrogens is 316 g/mol. The summed E-state index contributed by atoms with van der Waals surface area (Å²) in [7, 11) is 0. The first-order valence-corrected chi connectivity index (χ1v) is 8.55. The molecule has 3 N–H and O–H groups in total. The van der Waals surface area contributed by atoms with Gasteiger partial charge in [-0.15, -0.1) is 0 Å². The van der Waals surface area contributed by atoms with Crippen molar-refractivity contribution >= 4 is 17.5 Å². The number of fused-ring (bicyclic) bond motifs is 1. The first kappa shape index (κ1) is 17.2. The zero-order valence-corrected chi connectivity index (χ0v) is 14.0. The third kappa shape index (κ3) is 4.45. The highest BCUT2D eigenvalue weighted by molar-refractivity contribution is 5.99. The number of nitrogens with one attached hydrogen (secondary N) is 2. The van der Waals surface area contributed by atoms with E-state index in [9.17, 15) is 9.59 Å². The summed E-state index contributed by atoms with van der Waals surface area (Å²) in [5, 5.41) is 14.3. The summed E-state index contributed by atoms with van der Waals surface area (Å²) in [4.78, 5) is 24.2. The van der Waals surface area contributed by atoms with E-state index in [2.05, 4.69) is 10.6 Å². The maximum absolute atomic E-state index is 12.2. The Morgan fingerprint density at radius 3 is 2.52 bits per heavy atom. The summed E-state index contributed by atoms with van der Waals surface area (Å²) in [6.45, 7) is 0.0226. The number of carbonyl (C=O) groups excluding carboxylic acids is 2. The molecule has 0 fully saturated rings. The summed E-state index contributed by atoms with van der Waals surface area (Å²) < 4.78 is 0. The van der Waals surface area contributed by atoms with Crippen LogP contribution in [0.4, 0.5) is 5.69 Å². The summed E-state index contributed by atoms with van der Waals surface area (Å²) in [6.07, 6.45) is 3.82. The van der Waals surface area contributed by atoms with Gasteiger partial charge < -0.3 is 15.7 Å². The molecule has 0 unspecified atom stereocenters. The lowest BCUT2D eigenvalue weighted by molar-refractivity contribution is -0.115. The molecular formula is C20H22N2O3. The van der Waals surface area contributed by atoms with Gasteiger partial charge in [0.05, 0.1) is 6.54 Å². The number of aryl methyl sites for hydroxylation is 2. The fraction of sp³-hybridized carbons (Fsp3) is 0.300. The number of carbonyl (C=O) groups is 2. The van der Waals surface area contributed by atoms with Gasteiger partial charge in [0.15, 0.2) is 0 Å². The van der Waals surface area contributed by atoms with Crippen molar-refractivity contribution in [1.82, 2.24) is 5.32 Å². The van der Waals surface area contributed by atoms with Crippen LogP contribution in [0.2, 0.25) is 0 Å². The van der Waals surface area contributed by atoms with Crippen LogP contribution in [0.1, 0.15) is 33.5 Å². The third-order valence-corrected chi connectivity index (χ3v) is 4.41. The maximum Gasteiger partial charge on any atom is 0.251 e. The standard InChI is InChI=1S/C20H22N2O3/c23-11-10-14-4-8-18(9-5-14)22-19(24)13-21-20(25)17-7-6-15-2-1-3-16(15)12-17/h4-9,12,23H,1-3,10-11,13H2,(H,21,25)(H,22,24). The lowest BCUT2D eigenvalue weighted by Crippen LogP contribution is -2.32. The lowest BCUT2D eigenvalue weighted by atomic mass is 10.1. The van der Waals surface area contributed by atoms with Crippen LogP contribution in [-0.4, -0.2) is 30.1 Å². The Morgan fingerprint density at radius 2 is 1.76 bits per heavy atom. The minimum absolute atomic E-state index is 0.0751. The van der Waals surface area contributed by atoms with Gasteiger partial charge in [-0.1, -0.05) is 18.2 Å². The largest absolute Gasteiger partial charge is 0.396 e. The lowest BCUT2D eigenvalue weighted by Gasteiger charge is -2.09. The van der Waals surface area contributed by atoms with Gasteiger partial charge in [0.2, 0.25) is 5.91 Å². The van der Waals surface area contributed by atoms with Crippen LogP contribution >= 0.6 is 0 Å². The number of aliphatic hydroxyl groups excluding tert-OH is 1. The Balaban J connectivity index is 1.50. The van der Waals surface area contributed by atoms with Gasteiger partial charge >= 0.3 is 0 Å². The van der Waals surface area contributed by atoms with Gasteiger partial charge in [0.1, 0.15) is 0 Å². The fourth-order valence-corrected chi connectivity index (χ4v) is 3.06. The molecule has 2 aromatic carbocycles. The van der Waals surface area contributed by atoms with Gasteiger partial charge in [-0.2, -0.15) is 0 Å². The number of hydrogen-bond acceptors (Lipinski definition) is 3. The zero-order chi connectivity index (χ0) is 17.6. The molecule has 2 aromatic rings. The quantitative estimate of drug-likeness (QED) is 0.754. The van der Waals surface area contributed by atoms with E-state index in [1.54, 1.807) is 12.1 Å². The van der Waals surface area contributed by atoms with Crippen LogP contribution in [0.15, 0.2) is 42.5 Å². The Labute approximate surface area is 147 Å². The molecule has 0 saturated carbocycles. The first-order valence-electron chi connectivity index (χ1n) is 8.55. The number of benzene rings is 2. The van der Waals surface area contributed by atoms with Gasteiger partial charge in [0, 0.05) is 17.9 Å². The highest BCUT2D eigenvalue weighted by Crippen LogP contribution is 2.22. The molecule has 0 radical (unpaired) electrons. The topological polar surface area (TPSA) is 78.4 Å². The Morgan fingerprint density at radius 1 is 1.00 bits per heavy atom. The van der Waals surface area contributed by atoms with Crippen molar-refractivity contribution in [3.63, 3.8) is 0 Å². The molecule has 130 valence electrons. The second kappa shape index (κ2) is 7.94. The fourth-order valence-electron chi connectivity index (χ4n) is 3.06. The molecule has 0 saturated heterocycles. The molecule has 2 amide bonds. The smallest absolute Gasteiger partial charge is 0.251 e. The first-order chi connectivity index (χ1) is 12.2. The number of amides is 2. The normalized spacial score (nSPS) is 12.5. The number of hydrogen-bond donors (Lipinski definition) is 3. The molecule has 0 aromatic heterocycles. The molecule has 5 nitrogen and oxygen atoms in total. The molecule has 25 heavy (non-hydrogen) atoms. The van der Waals surface area contributed by atoms with Crippen molar-refractivity contribution in [2.45, 2.75) is 25.7 Å². The molecule has 1 aliphatic carbocycles. The van der Waals surface area contributed by atoms with E-state index in [1.807, 2.05) is 30.3 Å². The van der Waals surface area contributed by atoms with Gasteiger partial charge in [-0.05, 0) is 66.6 Å². The summed E-state index contributed by atoms with van der Waals surface area (Å²) in [5.74, 6) is -0.507. The molecule has 0 atom stereocenters. The maximum atomic E-state index is 12.2. The van der Waals surface area contributed by atoms with E-state index in [0.29, 0.717) is 17.7 Å². The Hall–Kier alpha value is -2.66. The van der Waals surface area contributed by atoms with E-state index >= 15 is 0 Å². The van der Waals surface area contributed by atoms with Gasteiger partial charge in [-0.3, -0.25) is 9.59 Å². The molecule has 0 aliphatic heterocycles. The predicted molar refractivity (Wildman–Crippen MR) is 96.7 cm³/mol. The second-order valence-corrected chi connectivity index (χ2v) is 6.24. The van der Waals surface area contributed by atoms with Gasteiger partial charge in [-0.25, -0.2) is 0 Å². The molecule has 0 bridgehead atoms. The summed E-state index contributed by atoms with van der Waals surface area (Å²) >= 11 is 0. The highest BCUT2D eigenvalue weighted by Gasteiger charge is 2.14. The van der Waals surface area contributed by atoms with Crippen molar-refractivity contribution in [3.8, 4) is 0 Å². The SMILES string of the molecule is O=C(CNC(=O)c1ccc2c(c1)CCC2)Nc1ccc(CCO)cc1. The second-order valence-electron chi connectivity index (χ2n) is 6.24. The van der Waals surface area contributed by atoms with E-state index in [4.69, 9.17) is 5.11 Å². The Bertz CT molecular complexity index is 769. The zero-order valence-electron chi connectivity index (χ0n) is 14.0. The van der Waals surface area contributed by atoms with Gasteiger partial charge in [0.25, 0.3) is 5.91 Å². The third-order valence-electron chi connectivity index (χ3n) is 4.41. The van der Waals surface area contributed by atoms with Crippen LogP contribution in [0.3, 0.4) is 0 Å². The van der Waals surface area contributed by atoms with Crippen molar-refractivity contribution in [1.29, 1.82) is 0 Å². The van der Waals surface area contributed by atoms with Crippen molar-refractivity contribution in [2.24, 2.45) is 0 Å². The van der Waals surface area contributed by atoms with Crippen molar-refractivity contribution in [2.75, 3.05) is 18.5 Å². The predicted octanol–water partition coefficient (Wildman–Crippen LogP) is 2.08. The number of rotatable bonds is 6. The molecule has 0 spiro atoms. The van der Waals surface area contributed by atoms with Crippen LogP contribution in [0, 0.1) is 0 Å². The average molecular weight is 338 g/mol. The Kier molecular flexibility index (Phi) is 5.46. The van der Waals surface area contributed by atoms with Crippen LogP contribution in [0.5, 0.6) is 0 Å². The summed E-state index contributed by atoms with van der Waals surface area (Å²) in [6, 6.07) is 13.0. The number of aliphatic hydroxyl groups is 1. The van der Waals surface area contributed by atoms with E-state index in [-0.39, 0.29) is 25.0 Å². The van der Waals surface area contributed by atoms with E-state index in [1.165, 1.54) is 11.1 Å². The average Bonchev–Trinajstić information content (AvgIpc) is 3.09. The number of anilines is 1. The monoisotopic (exact) mass is 338 g/mol. The van der Waals surface area contributed by atoms with Crippen LogP contribution in [-0.2, 0) is 24.1 Å². The summed E-state index contributed by atoms with van der Waals surface area (Å²) in [5.41, 5.74) is 4.82. The highest BCUT2D eigenvalue weighted by atomic mass is 16.3. The van der Waals surface area contributed by atoms with Crippen molar-refractivity contribution in [3.05, 3.63) is 64.7 Å².